The maximum atomic E-state index is 6.19. The van der Waals surface area contributed by atoms with Crippen LogP contribution >= 0.6 is 0 Å². The van der Waals surface area contributed by atoms with E-state index in [9.17, 15) is 0 Å². The summed E-state index contributed by atoms with van der Waals surface area (Å²) in [4.78, 5) is 11.4. The Morgan fingerprint density at radius 2 is 1.72 bits per heavy atom. The lowest BCUT2D eigenvalue weighted by Crippen LogP contribution is -2.37. The van der Waals surface area contributed by atoms with Crippen LogP contribution in [0.2, 0.25) is 0 Å². The summed E-state index contributed by atoms with van der Waals surface area (Å²) < 4.78 is 5.41. The molecule has 3 aromatic rings. The molecule has 2 aromatic carbocycles. The van der Waals surface area contributed by atoms with Gasteiger partial charge >= 0.3 is 0 Å². The second kappa shape index (κ2) is 9.65. The minimum atomic E-state index is -0.392. The van der Waals surface area contributed by atoms with Crippen molar-refractivity contribution in [2.24, 2.45) is 5.73 Å². The van der Waals surface area contributed by atoms with E-state index < -0.39 is 5.54 Å². The molecule has 7 nitrogen and oxygen atoms in total. The first-order valence-electron chi connectivity index (χ1n) is 11.1. The highest BCUT2D eigenvalue weighted by molar-refractivity contribution is 5.73. The summed E-state index contributed by atoms with van der Waals surface area (Å²) in [5, 5.41) is 3.28. The molecule has 0 amide bonds. The summed E-state index contributed by atoms with van der Waals surface area (Å²) in [7, 11) is 0. The van der Waals surface area contributed by atoms with E-state index in [0.29, 0.717) is 17.3 Å². The zero-order valence-electron chi connectivity index (χ0n) is 18.8. The predicted molar refractivity (Wildman–Crippen MR) is 130 cm³/mol. The van der Waals surface area contributed by atoms with Crippen molar-refractivity contribution < 1.29 is 4.74 Å². The van der Waals surface area contributed by atoms with Crippen molar-refractivity contribution in [2.45, 2.75) is 25.8 Å². The van der Waals surface area contributed by atoms with Gasteiger partial charge in [0, 0.05) is 36.4 Å². The van der Waals surface area contributed by atoms with Crippen molar-refractivity contribution in [1.82, 2.24) is 14.9 Å². The zero-order chi connectivity index (χ0) is 22.6. The summed E-state index contributed by atoms with van der Waals surface area (Å²) >= 11 is 0. The summed E-state index contributed by atoms with van der Waals surface area (Å²) in [5.74, 6) is 0.512. The van der Waals surface area contributed by atoms with Crippen molar-refractivity contribution in [2.75, 3.05) is 43.9 Å². The van der Waals surface area contributed by atoms with Crippen LogP contribution < -0.4 is 16.8 Å². The van der Waals surface area contributed by atoms with Crippen molar-refractivity contribution >= 4 is 17.3 Å². The van der Waals surface area contributed by atoms with Crippen LogP contribution in [0.4, 0.5) is 17.3 Å². The number of anilines is 3. The lowest BCUT2D eigenvalue weighted by Gasteiger charge is -2.26. The molecule has 0 atom stereocenters. The Labute approximate surface area is 189 Å². The molecule has 7 heteroatoms. The Hall–Kier alpha value is -3.00. The number of aromatic nitrogens is 2. The van der Waals surface area contributed by atoms with Crippen molar-refractivity contribution in [3.8, 4) is 11.3 Å². The van der Waals surface area contributed by atoms with Crippen molar-refractivity contribution in [3.05, 3.63) is 65.9 Å². The minimum Gasteiger partial charge on any atom is -0.396 e. The van der Waals surface area contributed by atoms with E-state index in [2.05, 4.69) is 44.5 Å². The van der Waals surface area contributed by atoms with Crippen molar-refractivity contribution in [3.63, 3.8) is 0 Å². The van der Waals surface area contributed by atoms with Gasteiger partial charge in [0.1, 0.15) is 0 Å². The highest BCUT2D eigenvalue weighted by atomic mass is 16.5. The Kier molecular flexibility index (Phi) is 6.69. The fourth-order valence-electron chi connectivity index (χ4n) is 3.74. The van der Waals surface area contributed by atoms with Gasteiger partial charge in [-0.2, -0.15) is 0 Å². The first-order valence-corrected chi connectivity index (χ1v) is 11.1. The molecule has 0 unspecified atom stereocenters. The Balaban J connectivity index is 1.42. The van der Waals surface area contributed by atoms with Crippen LogP contribution in [0.1, 0.15) is 25.0 Å². The van der Waals surface area contributed by atoms with Crippen LogP contribution in [0.5, 0.6) is 0 Å². The fraction of sp³-hybridized carbons (Fsp3) is 0.360. The summed E-state index contributed by atoms with van der Waals surface area (Å²) in [6, 6.07) is 16.4. The number of hydrogen-bond acceptors (Lipinski definition) is 7. The molecule has 1 aromatic heterocycles. The molecule has 1 fully saturated rings. The Morgan fingerprint density at radius 3 is 2.38 bits per heavy atom. The average Bonchev–Trinajstić information content (AvgIpc) is 2.80. The number of nitrogens with one attached hydrogen (secondary N) is 1. The number of morpholine rings is 1. The molecular weight excluding hydrogens is 400 g/mol. The maximum absolute atomic E-state index is 6.19. The van der Waals surface area contributed by atoms with Crippen LogP contribution in [-0.4, -0.2) is 47.7 Å². The van der Waals surface area contributed by atoms with E-state index in [1.165, 1.54) is 5.56 Å². The van der Waals surface area contributed by atoms with Gasteiger partial charge in [0.2, 0.25) is 5.95 Å². The molecule has 1 aliphatic rings. The monoisotopic (exact) mass is 432 g/mol. The van der Waals surface area contributed by atoms with E-state index in [1.807, 2.05) is 38.1 Å². The first kappa shape index (κ1) is 22.2. The van der Waals surface area contributed by atoms with E-state index in [0.717, 1.165) is 56.1 Å². The third kappa shape index (κ3) is 5.62. The van der Waals surface area contributed by atoms with Gasteiger partial charge < -0.3 is 21.5 Å². The normalized spacial score (nSPS) is 15.0. The van der Waals surface area contributed by atoms with Gasteiger partial charge in [-0.05, 0) is 43.5 Å². The molecule has 1 aliphatic heterocycles. The van der Waals surface area contributed by atoms with Gasteiger partial charge in [-0.25, -0.2) is 9.97 Å². The lowest BCUT2D eigenvalue weighted by atomic mass is 9.94. The number of nitrogens with two attached hydrogens (primary N) is 2. The van der Waals surface area contributed by atoms with Gasteiger partial charge in [0.05, 0.1) is 30.8 Å². The summed E-state index contributed by atoms with van der Waals surface area (Å²) in [6.07, 6.45) is 2.67. The predicted octanol–water partition coefficient (Wildman–Crippen LogP) is 3.54. The highest BCUT2D eigenvalue weighted by Crippen LogP contribution is 2.27. The van der Waals surface area contributed by atoms with E-state index in [4.69, 9.17) is 16.2 Å². The number of hydrogen-bond donors (Lipinski definition) is 3. The third-order valence-corrected chi connectivity index (χ3v) is 5.75. The first-order chi connectivity index (χ1) is 15.4. The quantitative estimate of drug-likeness (QED) is 0.525. The topological polar surface area (TPSA) is 102 Å². The smallest absolute Gasteiger partial charge is 0.227 e. The van der Waals surface area contributed by atoms with Gasteiger partial charge in [0.15, 0.2) is 0 Å². The van der Waals surface area contributed by atoms with E-state index in [-0.39, 0.29) is 0 Å². The number of ether oxygens (including phenoxy) is 1. The molecule has 32 heavy (non-hydrogen) atoms. The second-order valence-electron chi connectivity index (χ2n) is 8.82. The molecule has 168 valence electrons. The molecule has 1 saturated heterocycles. The number of rotatable bonds is 7. The number of benzene rings is 2. The minimum absolute atomic E-state index is 0.392. The second-order valence-corrected chi connectivity index (χ2v) is 8.82. The van der Waals surface area contributed by atoms with E-state index >= 15 is 0 Å². The maximum Gasteiger partial charge on any atom is 0.227 e. The molecule has 0 saturated carbocycles. The van der Waals surface area contributed by atoms with Gasteiger partial charge in [0.25, 0.3) is 0 Å². The molecule has 2 heterocycles. The van der Waals surface area contributed by atoms with Crippen molar-refractivity contribution in [1.29, 1.82) is 0 Å². The highest BCUT2D eigenvalue weighted by Gasteiger charge is 2.15. The number of nitrogen functional groups attached to an aromatic ring is 1. The molecule has 0 bridgehead atoms. The number of nitrogens with zero attached hydrogens (tertiary/aromatic N) is 3. The van der Waals surface area contributed by atoms with Crippen LogP contribution in [-0.2, 0) is 16.7 Å². The molecule has 0 radical (unpaired) electrons. The van der Waals surface area contributed by atoms with Gasteiger partial charge in [-0.1, -0.05) is 36.4 Å². The fourth-order valence-corrected chi connectivity index (χ4v) is 3.74. The van der Waals surface area contributed by atoms with Crippen LogP contribution in [0.15, 0.2) is 54.7 Å². The largest absolute Gasteiger partial charge is 0.396 e. The van der Waals surface area contributed by atoms with Crippen LogP contribution in [0.3, 0.4) is 0 Å². The third-order valence-electron chi connectivity index (χ3n) is 5.75. The Bertz CT molecular complexity index is 1020. The van der Waals surface area contributed by atoms with E-state index in [1.54, 1.807) is 6.20 Å². The van der Waals surface area contributed by atoms with Gasteiger partial charge in [-0.15, -0.1) is 0 Å². The molecule has 0 spiro atoms. The molecule has 0 aliphatic carbocycles. The van der Waals surface area contributed by atoms with Crippen LogP contribution in [0, 0.1) is 0 Å². The van der Waals surface area contributed by atoms with Gasteiger partial charge in [-0.3, -0.25) is 4.90 Å². The molecule has 4 rings (SSSR count). The summed E-state index contributed by atoms with van der Waals surface area (Å²) in [5.41, 5.74) is 17.4. The summed E-state index contributed by atoms with van der Waals surface area (Å²) in [6.45, 7) is 8.73. The van der Waals surface area contributed by atoms with Crippen LogP contribution in [0.25, 0.3) is 11.3 Å². The lowest BCUT2D eigenvalue weighted by molar-refractivity contribution is 0.0384. The zero-order valence-corrected chi connectivity index (χ0v) is 18.8. The molecule has 5 N–H and O–H groups in total. The Morgan fingerprint density at radius 1 is 1.03 bits per heavy atom. The SMILES string of the molecule is CC(C)(N)c1ccc(-c2nc(Nc3ccc(CCN4CCOCC4)cc3)ncc2N)cc1. The standard InChI is InChI=1S/C25H32N6O/c1-25(2,27)20-7-5-19(6-8-20)23-22(26)17-28-24(30-23)29-21-9-3-18(4-10-21)11-12-31-13-15-32-16-14-31/h3-10,17H,11-16,26-27H2,1-2H3,(H,28,29,30). The average molecular weight is 433 g/mol. The molecular formula is C25H32N6O.